The molecule has 4 nitrogen and oxygen atoms in total. The number of rotatable bonds is 3. The van der Waals surface area contributed by atoms with Crippen LogP contribution in [-0.2, 0) is 10.0 Å². The predicted octanol–water partition coefficient (Wildman–Crippen LogP) is 2.69. The summed E-state index contributed by atoms with van der Waals surface area (Å²) in [5.41, 5.74) is 6.25. The molecule has 1 aromatic rings. The number of hydrogen-bond donors (Lipinski definition) is 2. The summed E-state index contributed by atoms with van der Waals surface area (Å²) < 4.78 is 28.1. The minimum Gasteiger partial charge on any atom is -0.327 e. The van der Waals surface area contributed by atoms with Gasteiger partial charge in [0.25, 0.3) is 0 Å². The summed E-state index contributed by atoms with van der Waals surface area (Å²) in [5.74, 6) is 0. The third-order valence-electron chi connectivity index (χ3n) is 4.79. The molecule has 0 atom stereocenters. The lowest BCUT2D eigenvalue weighted by Crippen LogP contribution is -2.75. The Balaban J connectivity index is 2.34. The molecule has 0 unspecified atom stereocenters. The molecule has 0 saturated heterocycles. The maximum absolute atomic E-state index is 12.7. The summed E-state index contributed by atoms with van der Waals surface area (Å²) >= 11 is 5.89. The molecule has 0 heterocycles. The molecule has 1 aromatic carbocycles. The average molecular weight is 331 g/mol. The second kappa shape index (κ2) is 4.95. The summed E-state index contributed by atoms with van der Waals surface area (Å²) in [5, 5.41) is 0.526. The van der Waals surface area contributed by atoms with Crippen LogP contribution in [0.5, 0.6) is 0 Å². The highest BCUT2D eigenvalue weighted by molar-refractivity contribution is 7.89. The Bertz CT molecular complexity index is 652. The van der Waals surface area contributed by atoms with E-state index in [1.807, 2.05) is 27.7 Å². The normalized spacial score (nSPS) is 27.2. The van der Waals surface area contributed by atoms with Crippen molar-refractivity contribution in [1.29, 1.82) is 0 Å². The molecule has 0 amide bonds. The Morgan fingerprint density at radius 3 is 2.19 bits per heavy atom. The molecule has 3 N–H and O–H groups in total. The largest absolute Gasteiger partial charge is 0.327 e. The predicted molar refractivity (Wildman–Crippen MR) is 85.8 cm³/mol. The number of nitrogens with one attached hydrogen (secondary N) is 1. The molecular weight excluding hydrogens is 308 g/mol. The van der Waals surface area contributed by atoms with E-state index in [4.69, 9.17) is 17.3 Å². The molecule has 2 rings (SSSR count). The number of halogens is 1. The fraction of sp³-hybridized carbons (Fsp3) is 0.600. The van der Waals surface area contributed by atoms with Gasteiger partial charge in [0.15, 0.2) is 0 Å². The molecule has 0 aliphatic heterocycles. The maximum atomic E-state index is 12.7. The van der Waals surface area contributed by atoms with Gasteiger partial charge in [-0.05, 0) is 41.5 Å². The highest BCUT2D eigenvalue weighted by Gasteiger charge is 2.61. The van der Waals surface area contributed by atoms with E-state index in [2.05, 4.69) is 4.72 Å². The first-order valence-corrected chi connectivity index (χ1v) is 8.81. The zero-order valence-electron chi connectivity index (χ0n) is 13.1. The van der Waals surface area contributed by atoms with Crippen molar-refractivity contribution < 1.29 is 8.42 Å². The van der Waals surface area contributed by atoms with Gasteiger partial charge < -0.3 is 5.73 Å². The highest BCUT2D eigenvalue weighted by Crippen LogP contribution is 2.53. The van der Waals surface area contributed by atoms with E-state index in [0.717, 1.165) is 0 Å². The van der Waals surface area contributed by atoms with Crippen LogP contribution in [0, 0.1) is 17.8 Å². The van der Waals surface area contributed by atoms with Crippen LogP contribution >= 0.6 is 11.6 Å². The third-order valence-corrected chi connectivity index (χ3v) is 6.61. The van der Waals surface area contributed by atoms with Crippen molar-refractivity contribution in [2.45, 2.75) is 51.6 Å². The smallest absolute Gasteiger partial charge is 0.241 e. The molecule has 118 valence electrons. The fourth-order valence-corrected chi connectivity index (χ4v) is 5.62. The van der Waals surface area contributed by atoms with Crippen LogP contribution < -0.4 is 10.5 Å². The summed E-state index contributed by atoms with van der Waals surface area (Å²) in [6, 6.07) is 4.52. The number of aryl methyl sites for hydroxylation is 1. The van der Waals surface area contributed by atoms with E-state index in [1.54, 1.807) is 25.1 Å². The molecule has 0 spiro atoms. The number of nitrogens with two attached hydrogens (primary N) is 1. The summed E-state index contributed by atoms with van der Waals surface area (Å²) in [6.07, 6.45) is 0. The SMILES string of the molecule is Cc1cc(Cl)ccc1S(=O)(=O)NC1C(C)(C)C(N)C1(C)C. The Kier molecular flexibility index (Phi) is 3.94. The topological polar surface area (TPSA) is 72.2 Å². The molecule has 1 saturated carbocycles. The van der Waals surface area contributed by atoms with Crippen LogP contribution in [0.1, 0.15) is 33.3 Å². The van der Waals surface area contributed by atoms with Crippen LogP contribution in [0.3, 0.4) is 0 Å². The number of benzene rings is 1. The van der Waals surface area contributed by atoms with Crippen LogP contribution in [0.4, 0.5) is 0 Å². The Morgan fingerprint density at radius 1 is 1.19 bits per heavy atom. The summed E-state index contributed by atoms with van der Waals surface area (Å²) in [7, 11) is -3.60. The van der Waals surface area contributed by atoms with E-state index in [0.29, 0.717) is 10.6 Å². The van der Waals surface area contributed by atoms with Gasteiger partial charge >= 0.3 is 0 Å². The quantitative estimate of drug-likeness (QED) is 0.895. The first kappa shape index (κ1) is 16.7. The molecule has 6 heteroatoms. The van der Waals surface area contributed by atoms with Crippen molar-refractivity contribution >= 4 is 21.6 Å². The zero-order valence-corrected chi connectivity index (χ0v) is 14.6. The second-order valence-corrected chi connectivity index (χ2v) is 9.20. The lowest BCUT2D eigenvalue weighted by Gasteiger charge is -2.62. The van der Waals surface area contributed by atoms with Gasteiger partial charge in [0.1, 0.15) is 0 Å². The van der Waals surface area contributed by atoms with Crippen LogP contribution in [0.15, 0.2) is 23.1 Å². The van der Waals surface area contributed by atoms with Gasteiger partial charge in [-0.3, -0.25) is 0 Å². The van der Waals surface area contributed by atoms with Gasteiger partial charge in [-0.2, -0.15) is 0 Å². The molecular formula is C15H23ClN2O2S. The van der Waals surface area contributed by atoms with E-state index >= 15 is 0 Å². The van der Waals surface area contributed by atoms with Crippen molar-refractivity contribution in [3.8, 4) is 0 Å². The Labute approximate surface area is 132 Å². The lowest BCUT2D eigenvalue weighted by atomic mass is 9.49. The first-order chi connectivity index (χ1) is 9.40. The lowest BCUT2D eigenvalue weighted by molar-refractivity contribution is -0.0593. The van der Waals surface area contributed by atoms with E-state index in [1.165, 1.54) is 0 Å². The van der Waals surface area contributed by atoms with Gasteiger partial charge in [-0.15, -0.1) is 0 Å². The number of sulfonamides is 1. The molecule has 1 fully saturated rings. The Morgan fingerprint density at radius 2 is 1.71 bits per heavy atom. The van der Waals surface area contributed by atoms with Gasteiger partial charge in [-0.1, -0.05) is 39.3 Å². The standard InChI is InChI=1S/C15H23ClN2O2S/c1-9-8-10(16)6-7-11(9)21(19,20)18-13-14(2,3)12(17)15(13,4)5/h6-8,12-13,18H,17H2,1-5H3. The van der Waals surface area contributed by atoms with Crippen molar-refractivity contribution in [2.75, 3.05) is 0 Å². The van der Waals surface area contributed by atoms with Gasteiger partial charge in [-0.25, -0.2) is 13.1 Å². The van der Waals surface area contributed by atoms with E-state index in [-0.39, 0.29) is 27.8 Å². The zero-order chi connectivity index (χ0) is 16.2. The van der Waals surface area contributed by atoms with Crippen molar-refractivity contribution in [3.63, 3.8) is 0 Å². The summed E-state index contributed by atoms with van der Waals surface area (Å²) in [4.78, 5) is 0.263. The van der Waals surface area contributed by atoms with Crippen molar-refractivity contribution in [3.05, 3.63) is 28.8 Å². The van der Waals surface area contributed by atoms with Crippen molar-refractivity contribution in [2.24, 2.45) is 16.6 Å². The van der Waals surface area contributed by atoms with E-state index < -0.39 is 10.0 Å². The third kappa shape index (κ3) is 2.61. The fourth-order valence-electron chi connectivity index (χ4n) is 3.62. The van der Waals surface area contributed by atoms with E-state index in [9.17, 15) is 8.42 Å². The van der Waals surface area contributed by atoms with Gasteiger partial charge in [0.2, 0.25) is 10.0 Å². The van der Waals surface area contributed by atoms with Crippen molar-refractivity contribution in [1.82, 2.24) is 4.72 Å². The minimum absolute atomic E-state index is 0.0518. The Hall–Kier alpha value is -0.620. The molecule has 1 aliphatic carbocycles. The molecule has 0 bridgehead atoms. The second-order valence-electron chi connectivity index (χ2n) is 7.08. The maximum Gasteiger partial charge on any atom is 0.241 e. The monoisotopic (exact) mass is 330 g/mol. The van der Waals surface area contributed by atoms with Crippen LogP contribution in [0.25, 0.3) is 0 Å². The van der Waals surface area contributed by atoms with Gasteiger partial charge in [0, 0.05) is 17.1 Å². The molecule has 1 aliphatic rings. The van der Waals surface area contributed by atoms with Crippen LogP contribution in [-0.4, -0.2) is 20.5 Å². The molecule has 0 radical (unpaired) electrons. The highest BCUT2D eigenvalue weighted by atomic mass is 35.5. The van der Waals surface area contributed by atoms with Gasteiger partial charge in [0.05, 0.1) is 4.90 Å². The average Bonchev–Trinajstić information content (AvgIpc) is 2.34. The minimum atomic E-state index is -3.60. The van der Waals surface area contributed by atoms with Crippen LogP contribution in [0.2, 0.25) is 5.02 Å². The first-order valence-electron chi connectivity index (χ1n) is 6.95. The summed E-state index contributed by atoms with van der Waals surface area (Å²) in [6.45, 7) is 9.70. The molecule has 0 aromatic heterocycles. The molecule has 21 heavy (non-hydrogen) atoms. The number of hydrogen-bond acceptors (Lipinski definition) is 3.